The fourth-order valence-electron chi connectivity index (χ4n) is 2.28. The summed E-state index contributed by atoms with van der Waals surface area (Å²) in [4.78, 5) is 5.42. The molecule has 0 amide bonds. The van der Waals surface area contributed by atoms with E-state index in [4.69, 9.17) is 0 Å². The first-order valence-corrected chi connectivity index (χ1v) is 8.42. The number of thiophene rings is 1. The molecule has 3 aromatic rings. The third kappa shape index (κ3) is 3.59. The molecule has 0 bridgehead atoms. The molecule has 1 unspecified atom stereocenters. The molecule has 0 saturated carbocycles. The minimum Gasteiger partial charge on any atom is -0.301 e. The van der Waals surface area contributed by atoms with E-state index in [-0.39, 0.29) is 6.04 Å². The van der Waals surface area contributed by atoms with Crippen LogP contribution in [0.3, 0.4) is 0 Å². The number of nitrogens with zero attached hydrogens (tertiary/aromatic N) is 1. The summed E-state index contributed by atoms with van der Waals surface area (Å²) in [5.74, 6) is 0. The smallest absolute Gasteiger partial charge is 0.0580 e. The van der Waals surface area contributed by atoms with Crippen molar-refractivity contribution in [2.24, 2.45) is 0 Å². The minimum atomic E-state index is 0.170. The number of rotatable bonds is 5. The van der Waals surface area contributed by atoms with Gasteiger partial charge in [-0.1, -0.05) is 30.3 Å². The van der Waals surface area contributed by atoms with Crippen molar-refractivity contribution in [1.82, 2.24) is 10.3 Å². The molecule has 4 heteroatoms. The Morgan fingerprint density at radius 3 is 2.38 bits per heavy atom. The van der Waals surface area contributed by atoms with E-state index in [1.165, 1.54) is 20.5 Å². The highest BCUT2D eigenvalue weighted by molar-refractivity contribution is 9.10. The average Bonchev–Trinajstić information content (AvgIpc) is 2.95. The van der Waals surface area contributed by atoms with Gasteiger partial charge in [-0.2, -0.15) is 0 Å². The molecule has 0 spiro atoms. The maximum atomic E-state index is 4.11. The third-order valence-corrected chi connectivity index (χ3v) is 5.26. The van der Waals surface area contributed by atoms with Crippen molar-refractivity contribution in [2.75, 3.05) is 0 Å². The van der Waals surface area contributed by atoms with Crippen LogP contribution in [0.25, 0.3) is 0 Å². The molecule has 2 heterocycles. The van der Waals surface area contributed by atoms with Crippen LogP contribution >= 0.6 is 27.3 Å². The fraction of sp³-hybridized carbons (Fsp3) is 0.118. The highest BCUT2D eigenvalue weighted by Crippen LogP contribution is 2.26. The molecule has 106 valence electrons. The van der Waals surface area contributed by atoms with E-state index in [1.807, 2.05) is 18.5 Å². The van der Waals surface area contributed by atoms with Crippen LogP contribution in [0.2, 0.25) is 0 Å². The largest absolute Gasteiger partial charge is 0.301 e. The lowest BCUT2D eigenvalue weighted by molar-refractivity contribution is 0.608. The van der Waals surface area contributed by atoms with E-state index in [1.54, 1.807) is 11.3 Å². The van der Waals surface area contributed by atoms with Crippen LogP contribution in [-0.2, 0) is 6.54 Å². The van der Waals surface area contributed by atoms with E-state index in [2.05, 4.69) is 74.1 Å². The molecule has 0 saturated heterocycles. The monoisotopic (exact) mass is 358 g/mol. The van der Waals surface area contributed by atoms with Crippen LogP contribution in [-0.4, -0.2) is 4.98 Å². The molecule has 0 aliphatic carbocycles. The van der Waals surface area contributed by atoms with Gasteiger partial charge < -0.3 is 5.32 Å². The average molecular weight is 359 g/mol. The molecular weight excluding hydrogens is 344 g/mol. The summed E-state index contributed by atoms with van der Waals surface area (Å²) in [7, 11) is 0. The molecule has 0 radical (unpaired) electrons. The van der Waals surface area contributed by atoms with E-state index in [9.17, 15) is 0 Å². The van der Waals surface area contributed by atoms with Gasteiger partial charge in [0.2, 0.25) is 0 Å². The predicted octanol–water partition coefficient (Wildman–Crippen LogP) is 4.78. The zero-order valence-corrected chi connectivity index (χ0v) is 13.8. The molecular formula is C17H15BrN2S. The summed E-state index contributed by atoms with van der Waals surface area (Å²) in [6.07, 6.45) is 3.68. The molecule has 0 fully saturated rings. The van der Waals surface area contributed by atoms with E-state index >= 15 is 0 Å². The Hall–Kier alpha value is -1.49. The normalized spacial score (nSPS) is 12.2. The first-order chi connectivity index (χ1) is 10.3. The van der Waals surface area contributed by atoms with Crippen LogP contribution in [0, 0.1) is 0 Å². The Morgan fingerprint density at radius 2 is 1.71 bits per heavy atom. The van der Waals surface area contributed by atoms with E-state index < -0.39 is 0 Å². The second-order valence-electron chi connectivity index (χ2n) is 4.70. The zero-order valence-electron chi connectivity index (χ0n) is 11.4. The fourth-order valence-corrected chi connectivity index (χ4v) is 3.72. The number of hydrogen-bond acceptors (Lipinski definition) is 3. The Balaban J connectivity index is 1.85. The lowest BCUT2D eigenvalue weighted by Crippen LogP contribution is -2.21. The number of aromatic nitrogens is 1. The first-order valence-electron chi connectivity index (χ1n) is 6.75. The van der Waals surface area contributed by atoms with E-state index in [0.717, 1.165) is 6.54 Å². The Bertz CT molecular complexity index is 643. The first kappa shape index (κ1) is 14.4. The second-order valence-corrected chi connectivity index (χ2v) is 6.55. The lowest BCUT2D eigenvalue weighted by atomic mass is 10.00. The third-order valence-electron chi connectivity index (χ3n) is 3.33. The Morgan fingerprint density at radius 1 is 1.00 bits per heavy atom. The topological polar surface area (TPSA) is 24.9 Å². The van der Waals surface area contributed by atoms with E-state index in [0.29, 0.717) is 0 Å². The summed E-state index contributed by atoms with van der Waals surface area (Å²) in [5, 5.41) is 5.75. The summed E-state index contributed by atoms with van der Waals surface area (Å²) in [6, 6.07) is 16.9. The molecule has 3 rings (SSSR count). The van der Waals surface area contributed by atoms with Crippen molar-refractivity contribution in [2.45, 2.75) is 12.6 Å². The Labute approximate surface area is 137 Å². The molecule has 1 N–H and O–H groups in total. The molecule has 1 atom stereocenters. The Kier molecular flexibility index (Phi) is 4.80. The number of hydrogen-bond donors (Lipinski definition) is 1. The molecule has 21 heavy (non-hydrogen) atoms. The number of pyridine rings is 1. The molecule has 1 aromatic carbocycles. The van der Waals surface area contributed by atoms with Gasteiger partial charge in [0, 0.05) is 28.3 Å². The van der Waals surface area contributed by atoms with Crippen LogP contribution in [0.5, 0.6) is 0 Å². The SMILES string of the molecule is Brc1ccsc1CNC(c1ccccc1)c1ccncc1. The van der Waals surface area contributed by atoms with Crippen LogP contribution < -0.4 is 5.32 Å². The highest BCUT2D eigenvalue weighted by Gasteiger charge is 2.14. The summed E-state index contributed by atoms with van der Waals surface area (Å²) in [6.45, 7) is 0.833. The molecule has 2 aromatic heterocycles. The summed E-state index contributed by atoms with van der Waals surface area (Å²) >= 11 is 5.35. The van der Waals surface area contributed by atoms with Gasteiger partial charge in [-0.3, -0.25) is 4.98 Å². The summed E-state index contributed by atoms with van der Waals surface area (Å²) in [5.41, 5.74) is 2.49. The summed E-state index contributed by atoms with van der Waals surface area (Å²) < 4.78 is 1.17. The van der Waals surface area contributed by atoms with Crippen molar-refractivity contribution in [3.63, 3.8) is 0 Å². The maximum Gasteiger partial charge on any atom is 0.0580 e. The van der Waals surface area contributed by atoms with Gasteiger partial charge in [-0.25, -0.2) is 0 Å². The standard InChI is InChI=1S/C17H15BrN2S/c18-15-8-11-21-16(15)12-20-17(13-4-2-1-3-5-13)14-6-9-19-10-7-14/h1-11,17,20H,12H2. The van der Waals surface area contributed by atoms with Crippen molar-refractivity contribution >= 4 is 27.3 Å². The van der Waals surface area contributed by atoms with Gasteiger partial charge in [0.25, 0.3) is 0 Å². The number of benzene rings is 1. The van der Waals surface area contributed by atoms with Crippen LogP contribution in [0.1, 0.15) is 22.0 Å². The van der Waals surface area contributed by atoms with Crippen LogP contribution in [0.15, 0.2) is 70.8 Å². The maximum absolute atomic E-state index is 4.11. The van der Waals surface area contributed by atoms with Gasteiger partial charge in [0.1, 0.15) is 0 Å². The van der Waals surface area contributed by atoms with Gasteiger partial charge in [0.15, 0.2) is 0 Å². The zero-order chi connectivity index (χ0) is 14.5. The molecule has 0 aliphatic heterocycles. The number of nitrogens with one attached hydrogen (secondary N) is 1. The van der Waals surface area contributed by atoms with Crippen molar-refractivity contribution < 1.29 is 0 Å². The van der Waals surface area contributed by atoms with Gasteiger partial charge in [0.05, 0.1) is 6.04 Å². The van der Waals surface area contributed by atoms with Crippen LogP contribution in [0.4, 0.5) is 0 Å². The predicted molar refractivity (Wildman–Crippen MR) is 91.4 cm³/mol. The van der Waals surface area contributed by atoms with Crippen molar-refractivity contribution in [3.05, 3.63) is 86.8 Å². The molecule has 0 aliphatic rings. The quantitative estimate of drug-likeness (QED) is 0.709. The van der Waals surface area contributed by atoms with Crippen molar-refractivity contribution in [3.8, 4) is 0 Å². The van der Waals surface area contributed by atoms with Gasteiger partial charge >= 0.3 is 0 Å². The minimum absolute atomic E-state index is 0.170. The molecule has 2 nitrogen and oxygen atoms in total. The highest BCUT2D eigenvalue weighted by atomic mass is 79.9. The van der Waals surface area contributed by atoms with Gasteiger partial charge in [-0.15, -0.1) is 11.3 Å². The second kappa shape index (κ2) is 6.98. The van der Waals surface area contributed by atoms with Crippen molar-refractivity contribution in [1.29, 1.82) is 0 Å². The van der Waals surface area contributed by atoms with Gasteiger partial charge in [-0.05, 0) is 50.6 Å². The number of halogens is 1. The lowest BCUT2D eigenvalue weighted by Gasteiger charge is -2.19.